The molecule has 35 heavy (non-hydrogen) atoms. The highest BCUT2D eigenvalue weighted by Gasteiger charge is 2.67. The predicted octanol–water partition coefficient (Wildman–Crippen LogP) is 3.81. The topological polar surface area (TPSA) is 79.4 Å². The van der Waals surface area contributed by atoms with E-state index in [4.69, 9.17) is 32.7 Å². The summed E-state index contributed by atoms with van der Waals surface area (Å²) in [5, 5.41) is 0.878. The summed E-state index contributed by atoms with van der Waals surface area (Å²) in [5.41, 5.74) is 0.0848. The maximum Gasteiger partial charge on any atom is 0.328 e. The molecule has 4 amide bonds. The van der Waals surface area contributed by atoms with E-state index in [-0.39, 0.29) is 32.8 Å². The van der Waals surface area contributed by atoms with Crippen LogP contribution in [0, 0.1) is 0 Å². The summed E-state index contributed by atoms with van der Waals surface area (Å²) >= 11 is 12.1. The Labute approximate surface area is 213 Å². The zero-order valence-electron chi connectivity index (χ0n) is 19.4. The number of para-hydroxylation sites is 1. The van der Waals surface area contributed by atoms with E-state index in [1.54, 1.807) is 42.5 Å². The standard InChI is InChI=1S/C25H25Cl2N3O5/c1-34-14-12-29-23(32)25(30(24(29)33)13-15-35-2)18-7-3-4-8-21(18)28(22(25)31)11-5-6-17-9-10-19(26)20(27)16-17/h3-10,16H,11-15H2,1-2H3/b6-5+. The molecule has 1 spiro atoms. The lowest BCUT2D eigenvalue weighted by Gasteiger charge is -2.30. The van der Waals surface area contributed by atoms with Crippen molar-refractivity contribution >= 4 is 52.8 Å². The molecule has 2 aliphatic heterocycles. The van der Waals surface area contributed by atoms with Gasteiger partial charge in [0.15, 0.2) is 0 Å². The van der Waals surface area contributed by atoms with Gasteiger partial charge in [-0.15, -0.1) is 0 Å². The number of carbonyl (C=O) groups excluding carboxylic acids is 3. The molecule has 8 nitrogen and oxygen atoms in total. The predicted molar refractivity (Wildman–Crippen MR) is 134 cm³/mol. The molecule has 1 saturated heterocycles. The minimum absolute atomic E-state index is 0.0477. The molecule has 0 aromatic heterocycles. The fourth-order valence-electron chi connectivity index (χ4n) is 4.51. The largest absolute Gasteiger partial charge is 0.383 e. The fraction of sp³-hybridized carbons (Fsp3) is 0.320. The molecule has 2 aliphatic rings. The lowest BCUT2D eigenvalue weighted by atomic mass is 9.89. The molecule has 2 heterocycles. The SMILES string of the molecule is COCCN1C(=O)N(CCOC)C2(C1=O)C(=O)N(C/C=C/c1ccc(Cl)c(Cl)c1)c1ccccc12. The highest BCUT2D eigenvalue weighted by Crippen LogP contribution is 2.48. The molecule has 4 rings (SSSR count). The Morgan fingerprint density at radius 2 is 1.57 bits per heavy atom. The molecule has 2 aromatic carbocycles. The first kappa shape index (κ1) is 25.2. The average molecular weight is 518 g/mol. The van der Waals surface area contributed by atoms with Gasteiger partial charge >= 0.3 is 6.03 Å². The average Bonchev–Trinajstić information content (AvgIpc) is 3.22. The van der Waals surface area contributed by atoms with Crippen molar-refractivity contribution in [3.63, 3.8) is 0 Å². The minimum atomic E-state index is -1.78. The van der Waals surface area contributed by atoms with Crippen LogP contribution in [0.5, 0.6) is 0 Å². The number of amides is 4. The third-order valence-electron chi connectivity index (χ3n) is 6.14. The first-order chi connectivity index (χ1) is 16.9. The van der Waals surface area contributed by atoms with Gasteiger partial charge in [-0.3, -0.25) is 19.4 Å². The van der Waals surface area contributed by atoms with E-state index in [9.17, 15) is 14.4 Å². The van der Waals surface area contributed by atoms with Gasteiger partial charge in [0.25, 0.3) is 11.8 Å². The number of carbonyl (C=O) groups is 3. The van der Waals surface area contributed by atoms with E-state index < -0.39 is 23.4 Å². The van der Waals surface area contributed by atoms with Gasteiger partial charge < -0.3 is 14.4 Å². The molecule has 1 unspecified atom stereocenters. The van der Waals surface area contributed by atoms with E-state index in [1.807, 2.05) is 12.1 Å². The Balaban J connectivity index is 1.72. The molecule has 2 aromatic rings. The molecule has 184 valence electrons. The van der Waals surface area contributed by atoms with Crippen molar-refractivity contribution in [3.8, 4) is 0 Å². The third-order valence-corrected chi connectivity index (χ3v) is 6.88. The van der Waals surface area contributed by atoms with Gasteiger partial charge in [-0.05, 0) is 23.8 Å². The molecule has 0 radical (unpaired) electrons. The maximum absolute atomic E-state index is 14.0. The Hall–Kier alpha value is -2.91. The van der Waals surface area contributed by atoms with Crippen LogP contribution < -0.4 is 4.90 Å². The molecular formula is C25H25Cl2N3O5. The van der Waals surface area contributed by atoms with Crippen molar-refractivity contribution in [2.24, 2.45) is 0 Å². The van der Waals surface area contributed by atoms with Crippen molar-refractivity contribution in [3.05, 3.63) is 69.7 Å². The van der Waals surface area contributed by atoms with E-state index in [2.05, 4.69) is 0 Å². The van der Waals surface area contributed by atoms with Gasteiger partial charge in [0, 0.05) is 32.9 Å². The monoisotopic (exact) mass is 517 g/mol. The summed E-state index contributed by atoms with van der Waals surface area (Å²) in [4.78, 5) is 45.0. The quantitative estimate of drug-likeness (QED) is 0.373. The number of methoxy groups -OCH3 is 2. The van der Waals surface area contributed by atoms with Crippen molar-refractivity contribution in [1.82, 2.24) is 9.80 Å². The first-order valence-corrected chi connectivity index (χ1v) is 11.8. The zero-order chi connectivity index (χ0) is 25.2. The summed E-state index contributed by atoms with van der Waals surface area (Å²) in [6.45, 7) is 0.655. The van der Waals surface area contributed by atoms with Crippen LogP contribution in [0.1, 0.15) is 11.1 Å². The minimum Gasteiger partial charge on any atom is -0.383 e. The molecule has 0 N–H and O–H groups in total. The first-order valence-electron chi connectivity index (χ1n) is 11.0. The highest BCUT2D eigenvalue weighted by molar-refractivity contribution is 6.42. The van der Waals surface area contributed by atoms with Gasteiger partial charge in [0.1, 0.15) is 0 Å². The highest BCUT2D eigenvalue weighted by atomic mass is 35.5. The number of hydrogen-bond acceptors (Lipinski definition) is 5. The van der Waals surface area contributed by atoms with Gasteiger partial charge in [-0.1, -0.05) is 59.6 Å². The molecule has 10 heteroatoms. The zero-order valence-corrected chi connectivity index (χ0v) is 20.9. The van der Waals surface area contributed by atoms with E-state index >= 15 is 0 Å². The van der Waals surface area contributed by atoms with Crippen LogP contribution in [0.2, 0.25) is 10.0 Å². The number of imide groups is 1. The van der Waals surface area contributed by atoms with Crippen LogP contribution in [0.3, 0.4) is 0 Å². The number of urea groups is 1. The Morgan fingerprint density at radius 1 is 0.886 bits per heavy atom. The Morgan fingerprint density at radius 3 is 2.29 bits per heavy atom. The number of benzene rings is 2. The second-order valence-corrected chi connectivity index (χ2v) is 8.91. The van der Waals surface area contributed by atoms with Gasteiger partial charge in [0.05, 0.1) is 35.5 Å². The molecule has 0 saturated carbocycles. The molecule has 1 fully saturated rings. The van der Waals surface area contributed by atoms with Gasteiger partial charge in [-0.2, -0.15) is 0 Å². The molecule has 0 bridgehead atoms. The smallest absolute Gasteiger partial charge is 0.328 e. The molecule has 1 atom stereocenters. The lowest BCUT2D eigenvalue weighted by molar-refractivity contribution is -0.142. The normalized spacial score (nSPS) is 19.7. The summed E-state index contributed by atoms with van der Waals surface area (Å²) in [6.07, 6.45) is 3.62. The van der Waals surface area contributed by atoms with Crippen LogP contribution >= 0.6 is 23.2 Å². The second kappa shape index (κ2) is 10.4. The van der Waals surface area contributed by atoms with Crippen LogP contribution in [0.25, 0.3) is 6.08 Å². The molecule has 0 aliphatic carbocycles. The number of ether oxygens (including phenoxy) is 2. The van der Waals surface area contributed by atoms with Gasteiger partial charge in [0.2, 0.25) is 5.54 Å². The number of halogens is 2. The van der Waals surface area contributed by atoms with Crippen LogP contribution in [-0.2, 0) is 24.6 Å². The van der Waals surface area contributed by atoms with E-state index in [0.717, 1.165) is 10.5 Å². The summed E-state index contributed by atoms with van der Waals surface area (Å²) in [5.74, 6) is -1.06. The Bertz CT molecular complexity index is 1190. The Kier molecular flexibility index (Phi) is 7.47. The van der Waals surface area contributed by atoms with Crippen molar-refractivity contribution < 1.29 is 23.9 Å². The van der Waals surface area contributed by atoms with Crippen LogP contribution in [0.4, 0.5) is 10.5 Å². The number of nitrogens with zero attached hydrogens (tertiary/aromatic N) is 3. The maximum atomic E-state index is 14.0. The van der Waals surface area contributed by atoms with E-state index in [0.29, 0.717) is 21.3 Å². The van der Waals surface area contributed by atoms with Crippen molar-refractivity contribution in [2.75, 3.05) is 52.0 Å². The molecular weight excluding hydrogens is 493 g/mol. The third kappa shape index (κ3) is 4.21. The number of hydrogen-bond donors (Lipinski definition) is 0. The summed E-state index contributed by atoms with van der Waals surface area (Å²) in [7, 11) is 2.99. The number of anilines is 1. The number of rotatable bonds is 9. The second-order valence-electron chi connectivity index (χ2n) is 8.10. The fourth-order valence-corrected chi connectivity index (χ4v) is 4.81. The number of fused-ring (bicyclic) bond motifs is 2. The van der Waals surface area contributed by atoms with Crippen molar-refractivity contribution in [1.29, 1.82) is 0 Å². The summed E-state index contributed by atoms with van der Waals surface area (Å²) < 4.78 is 10.3. The van der Waals surface area contributed by atoms with E-state index in [1.165, 1.54) is 24.0 Å². The van der Waals surface area contributed by atoms with Crippen molar-refractivity contribution in [2.45, 2.75) is 5.54 Å². The lowest BCUT2D eigenvalue weighted by Crippen LogP contribution is -2.55. The summed E-state index contributed by atoms with van der Waals surface area (Å²) in [6, 6.07) is 11.7. The van der Waals surface area contributed by atoms with Crippen LogP contribution in [0.15, 0.2) is 48.5 Å². The van der Waals surface area contributed by atoms with Gasteiger partial charge in [-0.25, -0.2) is 4.79 Å². The van der Waals surface area contributed by atoms with Crippen LogP contribution in [-0.4, -0.2) is 74.7 Å².